The number of alkyl halides is 3. The minimum atomic E-state index is -4.72. The SMILES string of the molecule is Cl.NC(CO)(CO)CCc1ccc(-c2coc(Cc3ccc(OC(F)(F)F)cc3)n2)cc1. The molecule has 6 nitrogen and oxygen atoms in total. The third kappa shape index (κ3) is 7.23. The molecule has 10 heteroatoms. The molecule has 0 unspecified atom stereocenters. The number of hydrogen-bond acceptors (Lipinski definition) is 6. The minimum Gasteiger partial charge on any atom is -0.448 e. The molecule has 0 saturated carbocycles. The lowest BCUT2D eigenvalue weighted by Gasteiger charge is -2.24. The third-order valence-electron chi connectivity index (χ3n) is 4.86. The maximum atomic E-state index is 12.2. The quantitative estimate of drug-likeness (QED) is 0.437. The number of oxazole rings is 1. The maximum Gasteiger partial charge on any atom is 0.573 e. The molecule has 174 valence electrons. The van der Waals surface area contributed by atoms with E-state index in [0.29, 0.717) is 30.8 Å². The molecule has 0 bridgehead atoms. The first-order valence-electron chi connectivity index (χ1n) is 9.59. The highest BCUT2D eigenvalue weighted by molar-refractivity contribution is 5.85. The van der Waals surface area contributed by atoms with E-state index in [9.17, 15) is 23.4 Å². The van der Waals surface area contributed by atoms with Gasteiger partial charge in [-0.05, 0) is 36.1 Å². The van der Waals surface area contributed by atoms with Gasteiger partial charge in [0.25, 0.3) is 0 Å². The number of rotatable bonds is 9. The van der Waals surface area contributed by atoms with E-state index in [1.807, 2.05) is 24.3 Å². The molecule has 0 fully saturated rings. The van der Waals surface area contributed by atoms with Gasteiger partial charge in [-0.1, -0.05) is 36.4 Å². The predicted octanol–water partition coefficient (Wildman–Crippen LogP) is 3.87. The van der Waals surface area contributed by atoms with Crippen LogP contribution in [0.2, 0.25) is 0 Å². The van der Waals surface area contributed by atoms with Crippen LogP contribution in [0.1, 0.15) is 23.4 Å². The van der Waals surface area contributed by atoms with Crippen molar-refractivity contribution in [3.8, 4) is 17.0 Å². The Morgan fingerprint density at radius 2 is 1.53 bits per heavy atom. The fraction of sp³-hybridized carbons (Fsp3) is 0.318. The summed E-state index contributed by atoms with van der Waals surface area (Å²) in [6, 6.07) is 13.1. The molecule has 2 aromatic carbocycles. The molecule has 0 aliphatic heterocycles. The van der Waals surface area contributed by atoms with Crippen LogP contribution in [0, 0.1) is 0 Å². The number of aryl methyl sites for hydroxylation is 1. The molecule has 0 atom stereocenters. The van der Waals surface area contributed by atoms with Gasteiger partial charge in [-0.25, -0.2) is 4.98 Å². The Bertz CT molecular complexity index is 972. The number of halogens is 4. The van der Waals surface area contributed by atoms with Crippen molar-refractivity contribution in [3.63, 3.8) is 0 Å². The molecule has 3 aromatic rings. The van der Waals surface area contributed by atoms with Gasteiger partial charge < -0.3 is 25.1 Å². The summed E-state index contributed by atoms with van der Waals surface area (Å²) in [6.07, 6.45) is -1.82. The van der Waals surface area contributed by atoms with E-state index in [1.54, 1.807) is 0 Å². The molecule has 0 saturated heterocycles. The van der Waals surface area contributed by atoms with Crippen molar-refractivity contribution in [3.05, 3.63) is 71.8 Å². The summed E-state index contributed by atoms with van der Waals surface area (Å²) < 4.78 is 46.0. The fourth-order valence-electron chi connectivity index (χ4n) is 2.95. The van der Waals surface area contributed by atoms with Crippen molar-refractivity contribution >= 4 is 12.4 Å². The van der Waals surface area contributed by atoms with Gasteiger partial charge in [0.05, 0.1) is 18.8 Å². The summed E-state index contributed by atoms with van der Waals surface area (Å²) in [5.74, 6) is 0.150. The molecular formula is C22H24ClF3N2O4. The van der Waals surface area contributed by atoms with E-state index in [-0.39, 0.29) is 31.4 Å². The van der Waals surface area contributed by atoms with Crippen molar-refractivity contribution in [2.24, 2.45) is 5.73 Å². The number of nitrogens with zero attached hydrogens (tertiary/aromatic N) is 1. The van der Waals surface area contributed by atoms with Crippen molar-refractivity contribution in [1.82, 2.24) is 4.98 Å². The predicted molar refractivity (Wildman–Crippen MR) is 115 cm³/mol. The molecule has 0 radical (unpaired) electrons. The van der Waals surface area contributed by atoms with Gasteiger partial charge >= 0.3 is 6.36 Å². The summed E-state index contributed by atoms with van der Waals surface area (Å²) >= 11 is 0. The Morgan fingerprint density at radius 1 is 0.938 bits per heavy atom. The van der Waals surface area contributed by atoms with Gasteiger partial charge in [0.15, 0.2) is 5.89 Å². The molecule has 0 spiro atoms. The van der Waals surface area contributed by atoms with Crippen LogP contribution in [-0.4, -0.2) is 40.3 Å². The Hall–Kier alpha value is -2.59. The smallest absolute Gasteiger partial charge is 0.448 e. The highest BCUT2D eigenvalue weighted by atomic mass is 35.5. The highest BCUT2D eigenvalue weighted by Gasteiger charge is 2.31. The van der Waals surface area contributed by atoms with Gasteiger partial charge in [0, 0.05) is 12.0 Å². The summed E-state index contributed by atoms with van der Waals surface area (Å²) in [6.45, 7) is -0.581. The average molecular weight is 473 g/mol. The fourth-order valence-corrected chi connectivity index (χ4v) is 2.95. The van der Waals surface area contributed by atoms with Crippen LogP contribution in [0.4, 0.5) is 13.2 Å². The van der Waals surface area contributed by atoms with Gasteiger partial charge in [0.2, 0.25) is 0 Å². The van der Waals surface area contributed by atoms with E-state index in [1.165, 1.54) is 30.5 Å². The zero-order chi connectivity index (χ0) is 22.5. The van der Waals surface area contributed by atoms with E-state index in [4.69, 9.17) is 10.2 Å². The lowest BCUT2D eigenvalue weighted by Crippen LogP contribution is -2.47. The largest absolute Gasteiger partial charge is 0.573 e. The Kier molecular flexibility index (Phi) is 8.68. The van der Waals surface area contributed by atoms with Gasteiger partial charge in [-0.3, -0.25) is 0 Å². The van der Waals surface area contributed by atoms with Crippen LogP contribution >= 0.6 is 12.4 Å². The van der Waals surface area contributed by atoms with Gasteiger partial charge in [-0.15, -0.1) is 25.6 Å². The van der Waals surface area contributed by atoms with E-state index in [0.717, 1.165) is 16.7 Å². The minimum absolute atomic E-state index is 0. The van der Waals surface area contributed by atoms with Gasteiger partial charge in [-0.2, -0.15) is 0 Å². The molecule has 3 rings (SSSR count). The Labute approximate surface area is 189 Å². The first kappa shape index (κ1) is 25.7. The normalized spacial score (nSPS) is 11.8. The maximum absolute atomic E-state index is 12.2. The molecule has 1 heterocycles. The highest BCUT2D eigenvalue weighted by Crippen LogP contribution is 2.25. The monoisotopic (exact) mass is 472 g/mol. The van der Waals surface area contributed by atoms with Crippen LogP contribution in [0.5, 0.6) is 5.75 Å². The number of hydrogen-bond donors (Lipinski definition) is 3. The van der Waals surface area contributed by atoms with Crippen LogP contribution < -0.4 is 10.5 Å². The molecule has 0 aliphatic carbocycles. The summed E-state index contributed by atoms with van der Waals surface area (Å²) in [4.78, 5) is 4.44. The number of benzene rings is 2. The first-order valence-corrected chi connectivity index (χ1v) is 9.59. The molecule has 0 amide bonds. The van der Waals surface area contributed by atoms with Crippen molar-refractivity contribution in [2.75, 3.05) is 13.2 Å². The standard InChI is InChI=1S/C22H23F3N2O4.ClH/c23-22(24,25)31-18-7-3-16(4-8-18)11-20-27-19(12-30-20)17-5-1-15(2-6-17)9-10-21(26,13-28)14-29;/h1-8,12,28-29H,9-11,13-14,26H2;1H. The summed E-state index contributed by atoms with van der Waals surface area (Å²) in [7, 11) is 0. The van der Waals surface area contributed by atoms with Crippen molar-refractivity contribution in [2.45, 2.75) is 31.2 Å². The van der Waals surface area contributed by atoms with Crippen LogP contribution in [0.15, 0.2) is 59.2 Å². The second-order valence-electron chi connectivity index (χ2n) is 7.37. The zero-order valence-corrected chi connectivity index (χ0v) is 17.8. The Morgan fingerprint density at radius 3 is 2.09 bits per heavy atom. The first-order chi connectivity index (χ1) is 14.7. The number of nitrogens with two attached hydrogens (primary N) is 1. The summed E-state index contributed by atoms with van der Waals surface area (Å²) in [5, 5.41) is 18.5. The number of aliphatic hydroxyl groups excluding tert-OH is 2. The van der Waals surface area contributed by atoms with Crippen LogP contribution in [0.3, 0.4) is 0 Å². The summed E-state index contributed by atoms with van der Waals surface area (Å²) in [5.41, 5.74) is 8.10. The molecule has 32 heavy (non-hydrogen) atoms. The molecule has 0 aliphatic rings. The third-order valence-corrected chi connectivity index (χ3v) is 4.86. The second kappa shape index (κ2) is 10.8. The molecular weight excluding hydrogens is 449 g/mol. The Balaban J connectivity index is 0.00000363. The van der Waals surface area contributed by atoms with Gasteiger partial charge in [0.1, 0.15) is 17.7 Å². The zero-order valence-electron chi connectivity index (χ0n) is 17.0. The van der Waals surface area contributed by atoms with Crippen molar-refractivity contribution in [1.29, 1.82) is 0 Å². The number of aliphatic hydroxyl groups is 2. The lowest BCUT2D eigenvalue weighted by molar-refractivity contribution is -0.274. The molecule has 4 N–H and O–H groups in total. The topological polar surface area (TPSA) is 102 Å². The average Bonchev–Trinajstić information content (AvgIpc) is 3.21. The number of aromatic nitrogens is 1. The second-order valence-corrected chi connectivity index (χ2v) is 7.37. The number of ether oxygens (including phenoxy) is 1. The van der Waals surface area contributed by atoms with Crippen LogP contribution in [0.25, 0.3) is 11.3 Å². The van der Waals surface area contributed by atoms with E-state index >= 15 is 0 Å². The lowest BCUT2D eigenvalue weighted by atomic mass is 9.93. The molecule has 1 aromatic heterocycles. The van der Waals surface area contributed by atoms with Crippen molar-refractivity contribution < 1.29 is 32.5 Å². The van der Waals surface area contributed by atoms with E-state index < -0.39 is 11.9 Å². The van der Waals surface area contributed by atoms with Crippen LogP contribution in [-0.2, 0) is 12.8 Å². The van der Waals surface area contributed by atoms with E-state index in [2.05, 4.69) is 9.72 Å².